The van der Waals surface area contributed by atoms with Crippen LogP contribution in [-0.4, -0.2) is 10.5 Å². The summed E-state index contributed by atoms with van der Waals surface area (Å²) in [6.45, 7) is 8.32. The van der Waals surface area contributed by atoms with Crippen molar-refractivity contribution in [1.82, 2.24) is 0 Å². The molecule has 0 aromatic carbocycles. The van der Waals surface area contributed by atoms with E-state index in [4.69, 9.17) is 0 Å². The summed E-state index contributed by atoms with van der Waals surface area (Å²) in [7, 11) is 0. The molecule has 0 N–H and O–H groups in total. The molecule has 0 amide bonds. The standard InChI is InChI=1S/C9H16S/c1-7(2)8(3)10-9-5-4-6-9/h8-9H,1,4-6H2,2-3H3. The lowest BCUT2D eigenvalue weighted by molar-refractivity contribution is 0.521. The van der Waals surface area contributed by atoms with E-state index in [1.807, 2.05) is 0 Å². The van der Waals surface area contributed by atoms with E-state index in [0.717, 1.165) is 5.25 Å². The molecule has 0 bridgehead atoms. The zero-order valence-electron chi connectivity index (χ0n) is 6.89. The minimum absolute atomic E-state index is 0.672. The Morgan fingerprint density at radius 2 is 2.20 bits per heavy atom. The minimum Gasteiger partial charge on any atom is -0.151 e. The second-order valence-electron chi connectivity index (χ2n) is 3.18. The molecule has 1 saturated carbocycles. The Morgan fingerprint density at radius 3 is 2.50 bits per heavy atom. The third-order valence-electron chi connectivity index (χ3n) is 2.14. The highest BCUT2D eigenvalue weighted by atomic mass is 32.2. The van der Waals surface area contributed by atoms with Crippen LogP contribution in [0.5, 0.6) is 0 Å². The van der Waals surface area contributed by atoms with Gasteiger partial charge in [0.1, 0.15) is 0 Å². The summed E-state index contributed by atoms with van der Waals surface area (Å²) >= 11 is 2.09. The largest absolute Gasteiger partial charge is 0.151 e. The van der Waals surface area contributed by atoms with E-state index in [1.54, 1.807) is 0 Å². The first kappa shape index (κ1) is 8.19. The predicted octanol–water partition coefficient (Wildman–Crippen LogP) is 3.24. The van der Waals surface area contributed by atoms with Crippen molar-refractivity contribution in [3.63, 3.8) is 0 Å². The molecule has 1 rings (SSSR count). The molecule has 0 spiro atoms. The smallest absolute Gasteiger partial charge is 0.0225 e. The molecule has 1 atom stereocenters. The lowest BCUT2D eigenvalue weighted by Gasteiger charge is -2.27. The van der Waals surface area contributed by atoms with Crippen LogP contribution >= 0.6 is 11.8 Å². The zero-order chi connectivity index (χ0) is 7.56. The number of thioether (sulfide) groups is 1. The van der Waals surface area contributed by atoms with Crippen molar-refractivity contribution in [2.75, 3.05) is 0 Å². The summed E-state index contributed by atoms with van der Waals surface area (Å²) in [5.41, 5.74) is 1.32. The monoisotopic (exact) mass is 156 g/mol. The van der Waals surface area contributed by atoms with Gasteiger partial charge in [-0.2, -0.15) is 11.8 Å². The van der Waals surface area contributed by atoms with Gasteiger partial charge in [0.05, 0.1) is 0 Å². The van der Waals surface area contributed by atoms with Gasteiger partial charge in [0.15, 0.2) is 0 Å². The lowest BCUT2D eigenvalue weighted by Crippen LogP contribution is -2.16. The van der Waals surface area contributed by atoms with Gasteiger partial charge in [0.25, 0.3) is 0 Å². The van der Waals surface area contributed by atoms with Gasteiger partial charge >= 0.3 is 0 Å². The van der Waals surface area contributed by atoms with Gasteiger partial charge in [0.2, 0.25) is 0 Å². The Bertz CT molecular complexity index is 125. The highest BCUT2D eigenvalue weighted by Crippen LogP contribution is 2.35. The third-order valence-corrected chi connectivity index (χ3v) is 3.81. The average molecular weight is 156 g/mol. The van der Waals surface area contributed by atoms with Gasteiger partial charge < -0.3 is 0 Å². The Balaban J connectivity index is 2.16. The van der Waals surface area contributed by atoms with Crippen LogP contribution in [0.3, 0.4) is 0 Å². The minimum atomic E-state index is 0.672. The molecule has 0 aromatic rings. The molecule has 1 aliphatic carbocycles. The number of rotatable bonds is 3. The molecule has 0 heterocycles. The first-order chi connectivity index (χ1) is 4.70. The van der Waals surface area contributed by atoms with E-state index >= 15 is 0 Å². The first-order valence-corrected chi connectivity index (χ1v) is 4.95. The Kier molecular flexibility index (Phi) is 2.84. The second-order valence-corrected chi connectivity index (χ2v) is 4.82. The summed E-state index contributed by atoms with van der Waals surface area (Å²) in [6.07, 6.45) is 4.31. The molecule has 0 aliphatic heterocycles. The molecular formula is C9H16S. The maximum Gasteiger partial charge on any atom is 0.0225 e. The van der Waals surface area contributed by atoms with Crippen LogP contribution in [0.2, 0.25) is 0 Å². The third kappa shape index (κ3) is 2.05. The van der Waals surface area contributed by atoms with Crippen molar-refractivity contribution in [3.8, 4) is 0 Å². The zero-order valence-corrected chi connectivity index (χ0v) is 7.71. The Hall–Kier alpha value is 0.0900. The van der Waals surface area contributed by atoms with Crippen LogP contribution in [0.4, 0.5) is 0 Å². The summed E-state index contributed by atoms with van der Waals surface area (Å²) in [4.78, 5) is 0. The van der Waals surface area contributed by atoms with Gasteiger partial charge in [-0.1, -0.05) is 18.6 Å². The first-order valence-electron chi connectivity index (χ1n) is 4.01. The van der Waals surface area contributed by atoms with Crippen LogP contribution in [-0.2, 0) is 0 Å². The lowest BCUT2D eigenvalue weighted by atomic mass is 10.00. The van der Waals surface area contributed by atoms with Gasteiger partial charge in [-0.15, -0.1) is 0 Å². The van der Waals surface area contributed by atoms with Gasteiger partial charge in [-0.25, -0.2) is 0 Å². The molecule has 58 valence electrons. The molecule has 1 heteroatoms. The van der Waals surface area contributed by atoms with E-state index < -0.39 is 0 Å². The highest BCUT2D eigenvalue weighted by Gasteiger charge is 2.20. The van der Waals surface area contributed by atoms with Gasteiger partial charge in [-0.3, -0.25) is 0 Å². The fourth-order valence-corrected chi connectivity index (χ4v) is 2.33. The van der Waals surface area contributed by atoms with E-state index in [1.165, 1.54) is 24.8 Å². The maximum absolute atomic E-state index is 3.95. The van der Waals surface area contributed by atoms with E-state index in [9.17, 15) is 0 Å². The quantitative estimate of drug-likeness (QED) is 0.565. The predicted molar refractivity (Wildman–Crippen MR) is 49.5 cm³/mol. The van der Waals surface area contributed by atoms with Crippen molar-refractivity contribution >= 4 is 11.8 Å². The highest BCUT2D eigenvalue weighted by molar-refractivity contribution is 8.00. The van der Waals surface area contributed by atoms with Crippen LogP contribution in [0.15, 0.2) is 12.2 Å². The SMILES string of the molecule is C=C(C)C(C)SC1CCC1. The number of hydrogen-bond donors (Lipinski definition) is 0. The molecule has 1 fully saturated rings. The summed E-state index contributed by atoms with van der Waals surface area (Å²) in [6, 6.07) is 0. The van der Waals surface area contributed by atoms with E-state index in [0.29, 0.717) is 5.25 Å². The van der Waals surface area contributed by atoms with E-state index in [2.05, 4.69) is 32.2 Å². The normalized spacial score (nSPS) is 21.8. The second kappa shape index (κ2) is 3.47. The van der Waals surface area contributed by atoms with Crippen molar-refractivity contribution in [3.05, 3.63) is 12.2 Å². The van der Waals surface area contributed by atoms with Crippen LogP contribution < -0.4 is 0 Å². The summed E-state index contributed by atoms with van der Waals surface area (Å²) < 4.78 is 0. The molecule has 0 aromatic heterocycles. The fourth-order valence-electron chi connectivity index (χ4n) is 0.912. The Morgan fingerprint density at radius 1 is 1.60 bits per heavy atom. The molecule has 0 radical (unpaired) electrons. The van der Waals surface area contributed by atoms with Crippen molar-refractivity contribution in [1.29, 1.82) is 0 Å². The van der Waals surface area contributed by atoms with Crippen LogP contribution in [0, 0.1) is 0 Å². The molecule has 1 unspecified atom stereocenters. The summed E-state index contributed by atoms with van der Waals surface area (Å²) in [5.74, 6) is 0. The molecule has 0 nitrogen and oxygen atoms in total. The van der Waals surface area contributed by atoms with Gasteiger partial charge in [0, 0.05) is 10.5 Å². The number of hydrogen-bond acceptors (Lipinski definition) is 1. The van der Waals surface area contributed by atoms with Crippen molar-refractivity contribution in [2.45, 2.75) is 43.6 Å². The van der Waals surface area contributed by atoms with Crippen LogP contribution in [0.25, 0.3) is 0 Å². The Labute approximate surface area is 68.1 Å². The maximum atomic E-state index is 3.95. The van der Waals surface area contributed by atoms with Crippen LogP contribution in [0.1, 0.15) is 33.1 Å². The fraction of sp³-hybridized carbons (Fsp3) is 0.778. The van der Waals surface area contributed by atoms with E-state index in [-0.39, 0.29) is 0 Å². The van der Waals surface area contributed by atoms with Gasteiger partial charge in [-0.05, 0) is 26.7 Å². The molecular weight excluding hydrogens is 140 g/mol. The average Bonchev–Trinajstić information content (AvgIpc) is 1.77. The molecule has 0 saturated heterocycles. The summed E-state index contributed by atoms with van der Waals surface area (Å²) in [5, 5.41) is 1.62. The molecule has 10 heavy (non-hydrogen) atoms. The molecule has 1 aliphatic rings. The van der Waals surface area contributed by atoms with Crippen molar-refractivity contribution < 1.29 is 0 Å². The topological polar surface area (TPSA) is 0 Å². The van der Waals surface area contributed by atoms with Crippen molar-refractivity contribution in [2.24, 2.45) is 0 Å².